The SMILES string of the molecule is Cc1ccc(C)c(S(=O)(=O)NCCC(=O)NCc2cccc(COCc3ccccc3)c2)c1. The summed E-state index contributed by atoms with van der Waals surface area (Å²) in [5.41, 5.74) is 4.64. The Hall–Kier alpha value is -3.00. The Morgan fingerprint density at radius 2 is 1.55 bits per heavy atom. The van der Waals surface area contributed by atoms with Gasteiger partial charge in [0, 0.05) is 19.5 Å². The van der Waals surface area contributed by atoms with Crippen molar-refractivity contribution in [2.75, 3.05) is 6.54 Å². The highest BCUT2D eigenvalue weighted by Gasteiger charge is 2.17. The number of sulfonamides is 1. The van der Waals surface area contributed by atoms with Crippen molar-refractivity contribution < 1.29 is 17.9 Å². The molecule has 2 N–H and O–H groups in total. The molecule has 0 aliphatic rings. The van der Waals surface area contributed by atoms with Crippen LogP contribution in [0.15, 0.2) is 77.7 Å². The van der Waals surface area contributed by atoms with Crippen LogP contribution in [0.2, 0.25) is 0 Å². The van der Waals surface area contributed by atoms with E-state index < -0.39 is 10.0 Å². The Balaban J connectivity index is 1.42. The number of aryl methyl sites for hydroxylation is 2. The highest BCUT2D eigenvalue weighted by Crippen LogP contribution is 2.16. The summed E-state index contributed by atoms with van der Waals surface area (Å²) in [4.78, 5) is 12.4. The molecular weight excluding hydrogens is 436 g/mol. The maximum atomic E-state index is 12.5. The van der Waals surface area contributed by atoms with Gasteiger partial charge in [0.2, 0.25) is 15.9 Å². The summed E-state index contributed by atoms with van der Waals surface area (Å²) >= 11 is 0. The third-order valence-corrected chi connectivity index (χ3v) is 6.74. The summed E-state index contributed by atoms with van der Waals surface area (Å²) in [7, 11) is -3.65. The van der Waals surface area contributed by atoms with Crippen LogP contribution in [0.25, 0.3) is 0 Å². The number of amides is 1. The second-order valence-electron chi connectivity index (χ2n) is 7.99. The van der Waals surface area contributed by atoms with E-state index in [9.17, 15) is 13.2 Å². The van der Waals surface area contributed by atoms with Gasteiger partial charge in [-0.3, -0.25) is 4.79 Å². The molecule has 33 heavy (non-hydrogen) atoms. The molecule has 174 valence electrons. The third-order valence-electron chi connectivity index (χ3n) is 5.14. The highest BCUT2D eigenvalue weighted by molar-refractivity contribution is 7.89. The van der Waals surface area contributed by atoms with Crippen molar-refractivity contribution in [2.24, 2.45) is 0 Å². The van der Waals surface area contributed by atoms with Crippen LogP contribution in [0.1, 0.15) is 34.2 Å². The van der Waals surface area contributed by atoms with E-state index in [0.717, 1.165) is 22.3 Å². The second kappa shape index (κ2) is 11.7. The lowest BCUT2D eigenvalue weighted by atomic mass is 10.1. The molecule has 0 radical (unpaired) electrons. The lowest BCUT2D eigenvalue weighted by Crippen LogP contribution is -2.31. The largest absolute Gasteiger partial charge is 0.372 e. The van der Waals surface area contributed by atoms with Gasteiger partial charge in [-0.25, -0.2) is 13.1 Å². The van der Waals surface area contributed by atoms with Gasteiger partial charge < -0.3 is 10.1 Å². The van der Waals surface area contributed by atoms with Gasteiger partial charge in [-0.2, -0.15) is 0 Å². The highest BCUT2D eigenvalue weighted by atomic mass is 32.2. The summed E-state index contributed by atoms with van der Waals surface area (Å²) in [5.74, 6) is -0.218. The van der Waals surface area contributed by atoms with Crippen LogP contribution < -0.4 is 10.0 Å². The number of carbonyl (C=O) groups excluding carboxylic acids is 1. The first kappa shape index (κ1) is 24.6. The Bertz CT molecular complexity index is 1180. The fraction of sp³-hybridized carbons (Fsp3) is 0.269. The molecule has 1 amide bonds. The summed E-state index contributed by atoms with van der Waals surface area (Å²) in [6.45, 7) is 5.03. The van der Waals surface area contributed by atoms with E-state index in [0.29, 0.717) is 25.3 Å². The molecule has 0 bridgehead atoms. The van der Waals surface area contributed by atoms with Crippen molar-refractivity contribution in [3.8, 4) is 0 Å². The van der Waals surface area contributed by atoms with Crippen LogP contribution in [0.5, 0.6) is 0 Å². The van der Waals surface area contributed by atoms with Gasteiger partial charge in [0.1, 0.15) is 0 Å². The minimum Gasteiger partial charge on any atom is -0.372 e. The molecule has 0 saturated heterocycles. The maximum Gasteiger partial charge on any atom is 0.240 e. The fourth-order valence-electron chi connectivity index (χ4n) is 3.35. The van der Waals surface area contributed by atoms with E-state index in [1.54, 1.807) is 19.1 Å². The average Bonchev–Trinajstić information content (AvgIpc) is 2.80. The topological polar surface area (TPSA) is 84.5 Å². The Morgan fingerprint density at radius 3 is 2.33 bits per heavy atom. The molecule has 0 saturated carbocycles. The number of carbonyl (C=O) groups is 1. The van der Waals surface area contributed by atoms with Crippen LogP contribution in [0.4, 0.5) is 0 Å². The summed E-state index contributed by atoms with van der Waals surface area (Å²) in [6.07, 6.45) is 0.0595. The number of hydrogen-bond donors (Lipinski definition) is 2. The van der Waals surface area contributed by atoms with E-state index >= 15 is 0 Å². The molecule has 0 unspecified atom stereocenters. The molecule has 0 fully saturated rings. The number of rotatable bonds is 11. The van der Waals surface area contributed by atoms with E-state index in [1.807, 2.05) is 67.6 Å². The minimum absolute atomic E-state index is 0.0366. The molecule has 3 aromatic rings. The van der Waals surface area contributed by atoms with Crippen molar-refractivity contribution in [3.63, 3.8) is 0 Å². The molecule has 0 aromatic heterocycles. The van der Waals surface area contributed by atoms with Crippen molar-refractivity contribution >= 4 is 15.9 Å². The predicted molar refractivity (Wildman–Crippen MR) is 129 cm³/mol. The molecule has 0 atom stereocenters. The number of nitrogens with one attached hydrogen (secondary N) is 2. The number of hydrogen-bond acceptors (Lipinski definition) is 4. The summed E-state index contributed by atoms with van der Waals surface area (Å²) < 4.78 is 33.3. The first-order valence-corrected chi connectivity index (χ1v) is 12.3. The van der Waals surface area contributed by atoms with Crippen molar-refractivity contribution in [2.45, 2.75) is 44.9 Å². The fourth-order valence-corrected chi connectivity index (χ4v) is 4.71. The zero-order valence-electron chi connectivity index (χ0n) is 19.0. The molecule has 0 aliphatic heterocycles. The monoisotopic (exact) mass is 466 g/mol. The molecule has 0 heterocycles. The normalized spacial score (nSPS) is 11.3. The molecule has 0 aliphatic carbocycles. The van der Waals surface area contributed by atoms with Crippen molar-refractivity contribution in [1.29, 1.82) is 0 Å². The first-order valence-electron chi connectivity index (χ1n) is 10.9. The predicted octanol–water partition coefficient (Wildman–Crippen LogP) is 4.01. The van der Waals surface area contributed by atoms with Gasteiger partial charge in [-0.05, 0) is 47.7 Å². The molecule has 6 nitrogen and oxygen atoms in total. The van der Waals surface area contributed by atoms with Crippen molar-refractivity contribution in [1.82, 2.24) is 10.0 Å². The van der Waals surface area contributed by atoms with Gasteiger partial charge >= 0.3 is 0 Å². The zero-order valence-corrected chi connectivity index (χ0v) is 19.8. The van der Waals surface area contributed by atoms with Gasteiger partial charge in [0.25, 0.3) is 0 Å². The van der Waals surface area contributed by atoms with Crippen LogP contribution in [0, 0.1) is 13.8 Å². The van der Waals surface area contributed by atoms with Gasteiger partial charge in [-0.1, -0.05) is 66.7 Å². The summed E-state index contributed by atoms with van der Waals surface area (Å²) in [6, 6.07) is 23.1. The van der Waals surface area contributed by atoms with E-state index in [4.69, 9.17) is 4.74 Å². The molecule has 3 aromatic carbocycles. The standard InChI is InChI=1S/C26H30N2O4S/c1-20-11-12-21(2)25(15-20)33(30,31)28-14-13-26(29)27-17-23-9-6-10-24(16-23)19-32-18-22-7-4-3-5-8-22/h3-12,15-16,28H,13-14,17-19H2,1-2H3,(H,27,29). The second-order valence-corrected chi connectivity index (χ2v) is 9.73. The van der Waals surface area contributed by atoms with Gasteiger partial charge in [0.05, 0.1) is 18.1 Å². The molecule has 7 heteroatoms. The van der Waals surface area contributed by atoms with Gasteiger partial charge in [0.15, 0.2) is 0 Å². The van der Waals surface area contributed by atoms with Crippen LogP contribution in [0.3, 0.4) is 0 Å². The lowest BCUT2D eigenvalue weighted by Gasteiger charge is -2.11. The molecule has 0 spiro atoms. The molecular formula is C26H30N2O4S. The average molecular weight is 467 g/mol. The smallest absolute Gasteiger partial charge is 0.240 e. The Kier molecular flexibility index (Phi) is 8.77. The van der Waals surface area contributed by atoms with Crippen LogP contribution in [-0.4, -0.2) is 20.9 Å². The Labute approximate surface area is 196 Å². The van der Waals surface area contributed by atoms with Crippen LogP contribution in [-0.2, 0) is 39.3 Å². The van der Waals surface area contributed by atoms with Crippen molar-refractivity contribution in [3.05, 3.63) is 101 Å². The number of benzene rings is 3. The van der Waals surface area contributed by atoms with E-state index in [-0.39, 0.29) is 23.8 Å². The number of ether oxygens (including phenoxy) is 1. The quantitative estimate of drug-likeness (QED) is 0.447. The lowest BCUT2D eigenvalue weighted by molar-refractivity contribution is -0.121. The molecule has 3 rings (SSSR count). The van der Waals surface area contributed by atoms with Crippen LogP contribution >= 0.6 is 0 Å². The zero-order chi connectivity index (χ0) is 23.7. The summed E-state index contributed by atoms with van der Waals surface area (Å²) in [5, 5.41) is 2.84. The van der Waals surface area contributed by atoms with E-state index in [1.165, 1.54) is 0 Å². The van der Waals surface area contributed by atoms with Gasteiger partial charge in [-0.15, -0.1) is 0 Å². The first-order chi connectivity index (χ1) is 15.8. The third kappa shape index (κ3) is 7.82. The minimum atomic E-state index is -3.65. The van der Waals surface area contributed by atoms with E-state index in [2.05, 4.69) is 10.0 Å². The Morgan fingerprint density at radius 1 is 0.848 bits per heavy atom. The maximum absolute atomic E-state index is 12.5.